The van der Waals surface area contributed by atoms with Crippen molar-refractivity contribution in [2.75, 3.05) is 0 Å². The second-order valence-electron chi connectivity index (χ2n) is 5.06. The average Bonchev–Trinajstić information content (AvgIpc) is 2.54. The lowest BCUT2D eigenvalue weighted by molar-refractivity contribution is -0.222. The fourth-order valence-corrected chi connectivity index (χ4v) is 2.46. The van der Waals surface area contributed by atoms with Crippen molar-refractivity contribution in [2.45, 2.75) is 57.7 Å². The van der Waals surface area contributed by atoms with Gasteiger partial charge in [0.15, 0.2) is 11.9 Å². The van der Waals surface area contributed by atoms with Gasteiger partial charge in [-0.15, -0.1) is 0 Å². The van der Waals surface area contributed by atoms with Crippen LogP contribution in [0.3, 0.4) is 0 Å². The van der Waals surface area contributed by atoms with Crippen LogP contribution < -0.4 is 0 Å². The van der Waals surface area contributed by atoms with Gasteiger partial charge in [-0.05, 0) is 13.8 Å². The minimum Gasteiger partial charge on any atom is -0.453 e. The van der Waals surface area contributed by atoms with Crippen LogP contribution in [0.4, 0.5) is 8.78 Å². The van der Waals surface area contributed by atoms with Gasteiger partial charge in [-0.1, -0.05) is 6.92 Å². The Morgan fingerprint density at radius 3 is 2.29 bits per heavy atom. The summed E-state index contributed by atoms with van der Waals surface area (Å²) in [6, 6.07) is 0. The highest BCUT2D eigenvalue weighted by atomic mass is 19.3. The molecule has 4 nitrogen and oxygen atoms in total. The van der Waals surface area contributed by atoms with Crippen molar-refractivity contribution in [3.63, 3.8) is 0 Å². The van der Waals surface area contributed by atoms with Gasteiger partial charge >= 0.3 is 5.97 Å². The van der Waals surface area contributed by atoms with Crippen LogP contribution in [0.2, 0.25) is 0 Å². The Balaban J connectivity index is 2.27. The van der Waals surface area contributed by atoms with E-state index < -0.39 is 41.9 Å². The van der Waals surface area contributed by atoms with E-state index in [1.165, 1.54) is 6.92 Å². The maximum absolute atomic E-state index is 13.9. The van der Waals surface area contributed by atoms with E-state index in [1.807, 2.05) is 0 Å². The number of rotatable bonds is 1. The molecule has 4 atom stereocenters. The molecule has 0 N–H and O–H groups in total. The first-order valence-corrected chi connectivity index (χ1v) is 5.56. The predicted octanol–water partition coefficient (Wildman–Crippen LogP) is 1.72. The van der Waals surface area contributed by atoms with Gasteiger partial charge in [0.1, 0.15) is 6.10 Å². The fourth-order valence-electron chi connectivity index (χ4n) is 2.46. The first-order valence-electron chi connectivity index (χ1n) is 5.56. The molecule has 2 aliphatic rings. The normalized spacial score (nSPS) is 42.2. The van der Waals surface area contributed by atoms with Crippen LogP contribution in [0.1, 0.15) is 27.7 Å². The molecule has 6 heteroatoms. The molecule has 0 spiro atoms. The summed E-state index contributed by atoms with van der Waals surface area (Å²) in [5, 5.41) is 0. The maximum atomic E-state index is 13.9. The number of ether oxygens (including phenoxy) is 3. The number of fused-ring (bicyclic) bond motifs is 1. The van der Waals surface area contributed by atoms with Crippen molar-refractivity contribution < 1.29 is 27.8 Å². The summed E-state index contributed by atoms with van der Waals surface area (Å²) in [4.78, 5) is 10.9. The third-order valence-electron chi connectivity index (χ3n) is 3.23. The Morgan fingerprint density at radius 1 is 1.24 bits per heavy atom. The molecule has 0 aromatic heterocycles. The molecule has 2 rings (SSSR count). The van der Waals surface area contributed by atoms with Crippen LogP contribution in [0, 0.1) is 5.92 Å². The van der Waals surface area contributed by atoms with Gasteiger partial charge in [0, 0.05) is 6.92 Å². The van der Waals surface area contributed by atoms with E-state index in [-0.39, 0.29) is 0 Å². The Labute approximate surface area is 98.2 Å². The molecule has 2 fully saturated rings. The molecule has 0 bridgehead atoms. The molecule has 98 valence electrons. The van der Waals surface area contributed by atoms with E-state index in [1.54, 1.807) is 13.8 Å². The minimum atomic E-state index is -3.13. The number of carbonyl (C=O) groups is 1. The topological polar surface area (TPSA) is 44.8 Å². The van der Waals surface area contributed by atoms with Crippen LogP contribution in [-0.4, -0.2) is 36.0 Å². The van der Waals surface area contributed by atoms with Gasteiger partial charge in [-0.2, -0.15) is 0 Å². The Morgan fingerprint density at radius 2 is 1.76 bits per heavy atom. The molecule has 0 aromatic rings. The van der Waals surface area contributed by atoms with E-state index >= 15 is 0 Å². The zero-order valence-electron chi connectivity index (χ0n) is 10.2. The highest BCUT2D eigenvalue weighted by Gasteiger charge is 2.68. The van der Waals surface area contributed by atoms with Gasteiger partial charge in [0.05, 0.1) is 12.0 Å². The number of halogens is 2. The summed E-state index contributed by atoms with van der Waals surface area (Å²) < 4.78 is 43.4. The van der Waals surface area contributed by atoms with E-state index in [9.17, 15) is 13.6 Å². The molecular formula is C11H16F2O4. The zero-order valence-corrected chi connectivity index (χ0v) is 10.2. The van der Waals surface area contributed by atoms with Crippen molar-refractivity contribution in [2.24, 2.45) is 5.92 Å². The SMILES string of the molecule is CC(=O)O[C@H]1[C@@H]2OC(C)(C)O[C@@H]2[C@@H](C)C1(F)F. The molecule has 0 radical (unpaired) electrons. The molecule has 1 saturated carbocycles. The summed E-state index contributed by atoms with van der Waals surface area (Å²) in [7, 11) is 0. The van der Waals surface area contributed by atoms with Gasteiger partial charge < -0.3 is 14.2 Å². The summed E-state index contributed by atoms with van der Waals surface area (Å²) in [6.07, 6.45) is -3.22. The summed E-state index contributed by atoms with van der Waals surface area (Å²) in [5.41, 5.74) is 0. The molecule has 1 aliphatic carbocycles. The van der Waals surface area contributed by atoms with E-state index in [2.05, 4.69) is 0 Å². The van der Waals surface area contributed by atoms with Crippen molar-refractivity contribution in [1.29, 1.82) is 0 Å². The predicted molar refractivity (Wildman–Crippen MR) is 53.5 cm³/mol. The lowest BCUT2D eigenvalue weighted by Gasteiger charge is -2.28. The quantitative estimate of drug-likeness (QED) is 0.665. The number of hydrogen-bond acceptors (Lipinski definition) is 4. The van der Waals surface area contributed by atoms with Crippen LogP contribution in [0.15, 0.2) is 0 Å². The molecule has 0 amide bonds. The van der Waals surface area contributed by atoms with Gasteiger partial charge in [-0.3, -0.25) is 4.79 Å². The van der Waals surface area contributed by atoms with Crippen molar-refractivity contribution in [3.05, 3.63) is 0 Å². The highest BCUT2D eigenvalue weighted by molar-refractivity contribution is 5.66. The molecule has 0 aromatic carbocycles. The number of hydrogen-bond donors (Lipinski definition) is 0. The van der Waals surface area contributed by atoms with Crippen LogP contribution in [-0.2, 0) is 19.0 Å². The third kappa shape index (κ3) is 1.93. The summed E-state index contributed by atoms with van der Waals surface area (Å²) >= 11 is 0. The second-order valence-corrected chi connectivity index (χ2v) is 5.06. The lowest BCUT2D eigenvalue weighted by atomic mass is 10.1. The van der Waals surface area contributed by atoms with Gasteiger partial charge in [0.2, 0.25) is 0 Å². The number of carbonyl (C=O) groups excluding carboxylic acids is 1. The smallest absolute Gasteiger partial charge is 0.303 e. The molecule has 1 aliphatic heterocycles. The highest BCUT2D eigenvalue weighted by Crippen LogP contribution is 2.50. The Hall–Kier alpha value is -0.750. The number of alkyl halides is 2. The first-order chi connectivity index (χ1) is 7.65. The first kappa shape index (κ1) is 12.7. The Kier molecular flexibility index (Phi) is 2.70. The van der Waals surface area contributed by atoms with E-state index in [0.29, 0.717) is 0 Å². The number of esters is 1. The molecule has 1 heterocycles. The van der Waals surface area contributed by atoms with Gasteiger partial charge in [-0.25, -0.2) is 8.78 Å². The third-order valence-corrected chi connectivity index (χ3v) is 3.23. The van der Waals surface area contributed by atoms with Crippen molar-refractivity contribution in [1.82, 2.24) is 0 Å². The molecule has 17 heavy (non-hydrogen) atoms. The standard InChI is InChI=1S/C11H16F2O4/c1-5-7-8(17-10(3,4)16-7)9(11(5,12)13)15-6(2)14/h5,7-9H,1-4H3/t5-,7-,8-,9+/m1/s1. The summed E-state index contributed by atoms with van der Waals surface area (Å²) in [6.45, 7) is 5.79. The second kappa shape index (κ2) is 3.62. The maximum Gasteiger partial charge on any atom is 0.303 e. The fraction of sp³-hybridized carbons (Fsp3) is 0.909. The molecule has 0 unspecified atom stereocenters. The average molecular weight is 250 g/mol. The van der Waals surface area contributed by atoms with E-state index in [4.69, 9.17) is 14.2 Å². The molecule has 1 saturated heterocycles. The van der Waals surface area contributed by atoms with Crippen LogP contribution >= 0.6 is 0 Å². The van der Waals surface area contributed by atoms with Crippen LogP contribution in [0.5, 0.6) is 0 Å². The van der Waals surface area contributed by atoms with Crippen molar-refractivity contribution >= 4 is 5.97 Å². The molecular weight excluding hydrogens is 234 g/mol. The van der Waals surface area contributed by atoms with Crippen LogP contribution in [0.25, 0.3) is 0 Å². The monoisotopic (exact) mass is 250 g/mol. The lowest BCUT2D eigenvalue weighted by Crippen LogP contribution is -2.43. The Bertz CT molecular complexity index is 342. The van der Waals surface area contributed by atoms with Gasteiger partial charge in [0.25, 0.3) is 5.92 Å². The van der Waals surface area contributed by atoms with E-state index in [0.717, 1.165) is 6.92 Å². The summed E-state index contributed by atoms with van der Waals surface area (Å²) in [5.74, 6) is -5.83. The minimum absolute atomic E-state index is 0.740. The largest absolute Gasteiger partial charge is 0.453 e. The van der Waals surface area contributed by atoms with Crippen molar-refractivity contribution in [3.8, 4) is 0 Å². The zero-order chi connectivity index (χ0) is 13.0.